The Bertz CT molecular complexity index is 214. The van der Waals surface area contributed by atoms with E-state index in [0.29, 0.717) is 12.6 Å². The first-order valence-electron chi connectivity index (χ1n) is 6.63. The van der Waals surface area contributed by atoms with Crippen molar-refractivity contribution < 1.29 is 9.53 Å². The van der Waals surface area contributed by atoms with Crippen molar-refractivity contribution in [3.8, 4) is 0 Å². The van der Waals surface area contributed by atoms with Gasteiger partial charge in [-0.3, -0.25) is 9.69 Å². The largest absolute Gasteiger partial charge is 0.466 e. The Hall–Kier alpha value is -0.570. The lowest BCUT2D eigenvalue weighted by Crippen LogP contribution is -2.44. The number of likely N-dealkylation sites (tertiary alicyclic amines) is 1. The monoisotopic (exact) mass is 227 g/mol. The summed E-state index contributed by atoms with van der Waals surface area (Å²) in [5.41, 5.74) is 0. The zero-order valence-electron chi connectivity index (χ0n) is 10.9. The van der Waals surface area contributed by atoms with Gasteiger partial charge >= 0.3 is 5.97 Å². The van der Waals surface area contributed by atoms with E-state index in [0.717, 1.165) is 25.9 Å². The molecule has 0 aromatic carbocycles. The van der Waals surface area contributed by atoms with Gasteiger partial charge in [-0.15, -0.1) is 0 Å². The maximum Gasteiger partial charge on any atom is 0.310 e. The van der Waals surface area contributed by atoms with Gasteiger partial charge in [0, 0.05) is 12.6 Å². The van der Waals surface area contributed by atoms with Gasteiger partial charge < -0.3 is 4.74 Å². The summed E-state index contributed by atoms with van der Waals surface area (Å²) in [6.45, 7) is 8.86. The molecule has 3 heteroatoms. The molecule has 0 aromatic rings. The van der Waals surface area contributed by atoms with Crippen LogP contribution in [0.1, 0.15) is 46.5 Å². The fourth-order valence-electron chi connectivity index (χ4n) is 2.60. The average molecular weight is 227 g/mol. The van der Waals surface area contributed by atoms with E-state index in [2.05, 4.69) is 18.7 Å². The molecule has 0 radical (unpaired) electrons. The maximum atomic E-state index is 11.7. The molecular formula is C13H25NO2. The van der Waals surface area contributed by atoms with Crippen LogP contribution in [0.5, 0.6) is 0 Å². The van der Waals surface area contributed by atoms with Crippen LogP contribution in [0, 0.1) is 5.92 Å². The van der Waals surface area contributed by atoms with Crippen LogP contribution in [-0.4, -0.2) is 36.6 Å². The summed E-state index contributed by atoms with van der Waals surface area (Å²) in [6.07, 6.45) is 4.47. The third kappa shape index (κ3) is 3.48. The zero-order valence-corrected chi connectivity index (χ0v) is 10.9. The number of piperidine rings is 1. The minimum absolute atomic E-state index is 0.00171. The number of carbonyl (C=O) groups is 1. The molecule has 0 amide bonds. The molecule has 1 aliphatic rings. The van der Waals surface area contributed by atoms with Gasteiger partial charge in [0.2, 0.25) is 0 Å². The minimum Gasteiger partial charge on any atom is -0.466 e. The summed E-state index contributed by atoms with van der Waals surface area (Å²) in [7, 11) is 0. The number of hydrogen-bond donors (Lipinski definition) is 0. The van der Waals surface area contributed by atoms with Crippen molar-refractivity contribution in [1.82, 2.24) is 4.90 Å². The molecule has 94 valence electrons. The quantitative estimate of drug-likeness (QED) is 0.676. The number of nitrogens with zero attached hydrogens (tertiary/aromatic N) is 1. The van der Waals surface area contributed by atoms with E-state index < -0.39 is 0 Å². The van der Waals surface area contributed by atoms with Gasteiger partial charge in [0.25, 0.3) is 0 Å². The molecule has 16 heavy (non-hydrogen) atoms. The predicted molar refractivity (Wildman–Crippen MR) is 65.3 cm³/mol. The van der Waals surface area contributed by atoms with E-state index in [1.807, 2.05) is 6.92 Å². The standard InChI is InChI=1S/C13H25NO2/c1-4-12(5-2)14-9-7-8-11(10-14)13(15)16-6-3/h11-12H,4-10H2,1-3H3/t11-/m0/s1. The molecule has 0 unspecified atom stereocenters. The second-order valence-corrected chi connectivity index (χ2v) is 4.56. The Labute approximate surface area is 99.1 Å². The van der Waals surface area contributed by atoms with Crippen LogP contribution in [0.2, 0.25) is 0 Å². The molecule has 1 fully saturated rings. The molecule has 1 heterocycles. The molecule has 0 saturated carbocycles. The third-order valence-electron chi connectivity index (χ3n) is 3.53. The van der Waals surface area contributed by atoms with Crippen molar-refractivity contribution in [2.75, 3.05) is 19.7 Å². The molecule has 3 nitrogen and oxygen atoms in total. The molecule has 1 rings (SSSR count). The molecule has 0 bridgehead atoms. The van der Waals surface area contributed by atoms with Gasteiger partial charge in [-0.2, -0.15) is 0 Å². The topological polar surface area (TPSA) is 29.5 Å². The number of esters is 1. The molecule has 0 aliphatic carbocycles. The Kier molecular flexibility index (Phi) is 5.81. The van der Waals surface area contributed by atoms with E-state index in [1.54, 1.807) is 0 Å². The Balaban J connectivity index is 2.49. The van der Waals surface area contributed by atoms with Crippen molar-refractivity contribution in [3.63, 3.8) is 0 Å². The Morgan fingerprint density at radius 1 is 1.38 bits per heavy atom. The summed E-state index contributed by atoms with van der Waals surface area (Å²) in [4.78, 5) is 14.2. The highest BCUT2D eigenvalue weighted by atomic mass is 16.5. The van der Waals surface area contributed by atoms with Crippen LogP contribution in [-0.2, 0) is 9.53 Å². The summed E-state index contributed by atoms with van der Waals surface area (Å²) in [6, 6.07) is 0.636. The molecule has 0 N–H and O–H groups in total. The molecule has 0 aromatic heterocycles. The fraction of sp³-hybridized carbons (Fsp3) is 0.923. The number of ether oxygens (including phenoxy) is 1. The average Bonchev–Trinajstić information content (AvgIpc) is 2.31. The van der Waals surface area contributed by atoms with Gasteiger partial charge in [-0.25, -0.2) is 0 Å². The summed E-state index contributed by atoms with van der Waals surface area (Å²) in [5.74, 6) is 0.104. The second kappa shape index (κ2) is 6.89. The number of carbonyl (C=O) groups excluding carboxylic acids is 1. The van der Waals surface area contributed by atoms with Crippen LogP contribution in [0.4, 0.5) is 0 Å². The lowest BCUT2D eigenvalue weighted by atomic mass is 9.95. The van der Waals surface area contributed by atoms with E-state index in [4.69, 9.17) is 4.74 Å². The highest BCUT2D eigenvalue weighted by molar-refractivity contribution is 5.72. The summed E-state index contributed by atoms with van der Waals surface area (Å²) >= 11 is 0. The number of hydrogen-bond acceptors (Lipinski definition) is 3. The molecule has 1 aliphatic heterocycles. The van der Waals surface area contributed by atoms with Crippen molar-refractivity contribution in [1.29, 1.82) is 0 Å². The molecule has 1 atom stereocenters. The van der Waals surface area contributed by atoms with Crippen molar-refractivity contribution in [2.45, 2.75) is 52.5 Å². The van der Waals surface area contributed by atoms with Crippen molar-refractivity contribution in [2.24, 2.45) is 5.92 Å². The minimum atomic E-state index is -0.00171. The summed E-state index contributed by atoms with van der Waals surface area (Å²) < 4.78 is 5.11. The Morgan fingerprint density at radius 3 is 2.62 bits per heavy atom. The van der Waals surface area contributed by atoms with Crippen LogP contribution in [0.15, 0.2) is 0 Å². The molecular weight excluding hydrogens is 202 g/mol. The normalized spacial score (nSPS) is 22.4. The third-order valence-corrected chi connectivity index (χ3v) is 3.53. The summed E-state index contributed by atoms with van der Waals surface area (Å²) in [5, 5.41) is 0. The van der Waals surface area contributed by atoms with Gasteiger partial charge in [0.05, 0.1) is 12.5 Å². The Morgan fingerprint density at radius 2 is 2.06 bits per heavy atom. The van der Waals surface area contributed by atoms with Crippen LogP contribution >= 0.6 is 0 Å². The van der Waals surface area contributed by atoms with Gasteiger partial charge in [-0.05, 0) is 39.2 Å². The van der Waals surface area contributed by atoms with Crippen LogP contribution in [0.25, 0.3) is 0 Å². The van der Waals surface area contributed by atoms with E-state index in [1.165, 1.54) is 12.8 Å². The lowest BCUT2D eigenvalue weighted by Gasteiger charge is -2.36. The van der Waals surface area contributed by atoms with Gasteiger partial charge in [0.15, 0.2) is 0 Å². The first-order chi connectivity index (χ1) is 7.72. The fourth-order valence-corrected chi connectivity index (χ4v) is 2.60. The highest BCUT2D eigenvalue weighted by Gasteiger charge is 2.29. The second-order valence-electron chi connectivity index (χ2n) is 4.56. The zero-order chi connectivity index (χ0) is 12.0. The highest BCUT2D eigenvalue weighted by Crippen LogP contribution is 2.22. The number of rotatable bonds is 5. The van der Waals surface area contributed by atoms with E-state index >= 15 is 0 Å². The van der Waals surface area contributed by atoms with Crippen LogP contribution in [0.3, 0.4) is 0 Å². The first-order valence-corrected chi connectivity index (χ1v) is 6.63. The van der Waals surface area contributed by atoms with E-state index in [-0.39, 0.29) is 11.9 Å². The first kappa shape index (κ1) is 13.5. The van der Waals surface area contributed by atoms with Gasteiger partial charge in [-0.1, -0.05) is 13.8 Å². The smallest absolute Gasteiger partial charge is 0.310 e. The molecule has 1 saturated heterocycles. The molecule has 0 spiro atoms. The lowest BCUT2D eigenvalue weighted by molar-refractivity contribution is -0.150. The maximum absolute atomic E-state index is 11.7. The predicted octanol–water partition coefficient (Wildman–Crippen LogP) is 2.45. The van der Waals surface area contributed by atoms with Gasteiger partial charge in [0.1, 0.15) is 0 Å². The van der Waals surface area contributed by atoms with Crippen molar-refractivity contribution >= 4 is 5.97 Å². The SMILES string of the molecule is CCOC(=O)[C@H]1CCCN(C(CC)CC)C1. The van der Waals surface area contributed by atoms with E-state index in [9.17, 15) is 4.79 Å². The van der Waals surface area contributed by atoms with Crippen molar-refractivity contribution in [3.05, 3.63) is 0 Å². The van der Waals surface area contributed by atoms with Crippen LogP contribution < -0.4 is 0 Å².